The van der Waals surface area contributed by atoms with Crippen molar-refractivity contribution in [2.24, 2.45) is 0 Å². The van der Waals surface area contributed by atoms with Crippen LogP contribution in [0.4, 0.5) is 5.00 Å². The van der Waals surface area contributed by atoms with Crippen molar-refractivity contribution in [1.82, 2.24) is 9.69 Å². The first-order valence-electron chi connectivity index (χ1n) is 5.79. The van der Waals surface area contributed by atoms with E-state index in [0.29, 0.717) is 18.7 Å². The molecule has 7 nitrogen and oxygen atoms in total. The summed E-state index contributed by atoms with van der Waals surface area (Å²) in [5, 5.41) is 15.0. The van der Waals surface area contributed by atoms with Gasteiger partial charge in [0.2, 0.25) is 5.91 Å². The van der Waals surface area contributed by atoms with Crippen LogP contribution in [0.15, 0.2) is 0 Å². The topological polar surface area (TPSA) is 101 Å². The molecule has 1 fully saturated rings. The Bertz CT molecular complexity index is 502. The number of carbonyl (C=O) groups excluding carboxylic acids is 1. The van der Waals surface area contributed by atoms with E-state index in [2.05, 4.69) is 15.0 Å². The van der Waals surface area contributed by atoms with Crippen LogP contribution in [0.3, 0.4) is 0 Å². The van der Waals surface area contributed by atoms with Crippen LogP contribution in [-0.2, 0) is 9.53 Å². The Labute approximate surface area is 114 Å². The number of methoxy groups -OCH3 is 1. The van der Waals surface area contributed by atoms with E-state index in [0.717, 1.165) is 11.5 Å². The Balaban J connectivity index is 2.06. The number of ether oxygens (including phenoxy) is 1. The van der Waals surface area contributed by atoms with Crippen LogP contribution in [0.25, 0.3) is 0 Å². The van der Waals surface area contributed by atoms with Gasteiger partial charge in [-0.3, -0.25) is 4.79 Å². The third-order valence-electron chi connectivity index (χ3n) is 3.05. The number of aromatic nitrogens is 1. The van der Waals surface area contributed by atoms with E-state index in [-0.39, 0.29) is 28.6 Å². The highest BCUT2D eigenvalue weighted by Crippen LogP contribution is 2.25. The molecule has 1 saturated heterocycles. The standard InChI is InChI=1S/C11H15N3O4S/c1-5-8(11(16)17)10(19-14-5)13-9(15)7-3-6(18-2)4-12-7/h6-7,12H,3-4H2,1-2H3,(H,13,15)(H,16,17). The number of hydrogen-bond donors (Lipinski definition) is 3. The van der Waals surface area contributed by atoms with E-state index in [4.69, 9.17) is 9.84 Å². The van der Waals surface area contributed by atoms with Crippen molar-refractivity contribution in [1.29, 1.82) is 0 Å². The van der Waals surface area contributed by atoms with Crippen molar-refractivity contribution in [2.75, 3.05) is 19.0 Å². The van der Waals surface area contributed by atoms with Crippen molar-refractivity contribution in [3.8, 4) is 0 Å². The molecular weight excluding hydrogens is 270 g/mol. The zero-order valence-electron chi connectivity index (χ0n) is 10.6. The summed E-state index contributed by atoms with van der Waals surface area (Å²) in [5.74, 6) is -1.35. The minimum atomic E-state index is -1.09. The zero-order valence-corrected chi connectivity index (χ0v) is 11.4. The number of carboxylic acids is 1. The van der Waals surface area contributed by atoms with Crippen LogP contribution in [0.2, 0.25) is 0 Å². The molecule has 1 aromatic heterocycles. The maximum atomic E-state index is 12.0. The first kappa shape index (κ1) is 13.9. The normalized spacial score (nSPS) is 22.4. The molecule has 1 aromatic rings. The van der Waals surface area contributed by atoms with Gasteiger partial charge in [0.25, 0.3) is 0 Å². The lowest BCUT2D eigenvalue weighted by Gasteiger charge is -2.10. The molecule has 2 unspecified atom stereocenters. The molecule has 2 rings (SSSR count). The number of nitrogens with one attached hydrogen (secondary N) is 2. The number of carboxylic acid groups (broad SMARTS) is 1. The summed E-state index contributed by atoms with van der Waals surface area (Å²) in [6.07, 6.45) is 0.584. The fourth-order valence-corrected chi connectivity index (χ4v) is 2.78. The summed E-state index contributed by atoms with van der Waals surface area (Å²) in [4.78, 5) is 23.1. The molecule has 0 aromatic carbocycles. The minimum Gasteiger partial charge on any atom is -0.478 e. The van der Waals surface area contributed by atoms with Gasteiger partial charge in [0, 0.05) is 13.7 Å². The van der Waals surface area contributed by atoms with Gasteiger partial charge in [-0.1, -0.05) is 0 Å². The molecule has 0 aliphatic carbocycles. The molecular formula is C11H15N3O4S. The molecule has 2 atom stereocenters. The van der Waals surface area contributed by atoms with Gasteiger partial charge in [0.15, 0.2) is 0 Å². The Morgan fingerprint density at radius 1 is 1.58 bits per heavy atom. The fraction of sp³-hybridized carbons (Fsp3) is 0.545. The van der Waals surface area contributed by atoms with Crippen LogP contribution < -0.4 is 10.6 Å². The lowest BCUT2D eigenvalue weighted by molar-refractivity contribution is -0.117. The van der Waals surface area contributed by atoms with Gasteiger partial charge in [-0.05, 0) is 24.9 Å². The molecule has 0 spiro atoms. The number of nitrogens with zero attached hydrogens (tertiary/aromatic N) is 1. The highest BCUT2D eigenvalue weighted by molar-refractivity contribution is 7.11. The second-order valence-corrected chi connectivity index (χ2v) is 5.09. The van der Waals surface area contributed by atoms with Crippen LogP contribution in [0.5, 0.6) is 0 Å². The van der Waals surface area contributed by atoms with Gasteiger partial charge in [-0.15, -0.1) is 0 Å². The fourth-order valence-electron chi connectivity index (χ4n) is 1.99. The molecule has 0 radical (unpaired) electrons. The van der Waals surface area contributed by atoms with Crippen LogP contribution in [0.1, 0.15) is 22.5 Å². The summed E-state index contributed by atoms with van der Waals surface area (Å²) in [6, 6.07) is -0.367. The Morgan fingerprint density at radius 2 is 2.32 bits per heavy atom. The highest BCUT2D eigenvalue weighted by Gasteiger charge is 2.30. The predicted octanol–water partition coefficient (Wildman–Crippen LogP) is 0.465. The quantitative estimate of drug-likeness (QED) is 0.743. The van der Waals surface area contributed by atoms with Crippen LogP contribution >= 0.6 is 11.5 Å². The number of anilines is 1. The van der Waals surface area contributed by atoms with E-state index < -0.39 is 5.97 Å². The van der Waals surface area contributed by atoms with Crippen LogP contribution in [0, 0.1) is 6.92 Å². The largest absolute Gasteiger partial charge is 0.478 e. The average molecular weight is 285 g/mol. The summed E-state index contributed by atoms with van der Waals surface area (Å²) >= 11 is 0.976. The molecule has 19 heavy (non-hydrogen) atoms. The number of amides is 1. The monoisotopic (exact) mass is 285 g/mol. The number of aromatic carboxylic acids is 1. The molecule has 2 heterocycles. The van der Waals surface area contributed by atoms with Gasteiger partial charge in [-0.25, -0.2) is 4.79 Å². The molecule has 104 valence electrons. The number of aryl methyl sites for hydroxylation is 1. The molecule has 0 bridgehead atoms. The van der Waals surface area contributed by atoms with Crippen LogP contribution in [-0.4, -0.2) is 47.2 Å². The summed E-state index contributed by atoms with van der Waals surface area (Å²) in [6.45, 7) is 2.21. The SMILES string of the molecule is COC1CNC(C(=O)Nc2snc(C)c2C(=O)O)C1. The summed E-state index contributed by atoms with van der Waals surface area (Å²) in [7, 11) is 1.60. The molecule has 8 heteroatoms. The molecule has 1 aliphatic rings. The van der Waals surface area contributed by atoms with Gasteiger partial charge >= 0.3 is 5.97 Å². The highest BCUT2D eigenvalue weighted by atomic mass is 32.1. The lowest BCUT2D eigenvalue weighted by atomic mass is 10.2. The van der Waals surface area contributed by atoms with E-state index in [1.54, 1.807) is 14.0 Å². The minimum absolute atomic E-state index is 0.0119. The van der Waals surface area contributed by atoms with Crippen molar-refractivity contribution >= 4 is 28.4 Å². The molecule has 1 aliphatic heterocycles. The smallest absolute Gasteiger partial charge is 0.340 e. The third-order valence-corrected chi connectivity index (χ3v) is 3.91. The lowest BCUT2D eigenvalue weighted by Crippen LogP contribution is -2.35. The molecule has 3 N–H and O–H groups in total. The van der Waals surface area contributed by atoms with Gasteiger partial charge in [0.1, 0.15) is 10.6 Å². The Hall–Kier alpha value is -1.51. The Morgan fingerprint density at radius 3 is 2.89 bits per heavy atom. The molecule has 0 saturated carbocycles. The Kier molecular flexibility index (Phi) is 4.13. The maximum absolute atomic E-state index is 12.0. The predicted molar refractivity (Wildman–Crippen MR) is 69.6 cm³/mol. The van der Waals surface area contributed by atoms with E-state index in [9.17, 15) is 9.59 Å². The van der Waals surface area contributed by atoms with Crippen molar-refractivity contribution in [2.45, 2.75) is 25.5 Å². The van der Waals surface area contributed by atoms with Crippen molar-refractivity contribution < 1.29 is 19.4 Å². The van der Waals surface area contributed by atoms with Crippen molar-refractivity contribution in [3.63, 3.8) is 0 Å². The number of carbonyl (C=O) groups is 2. The third kappa shape index (κ3) is 2.91. The number of rotatable bonds is 4. The van der Waals surface area contributed by atoms with Gasteiger partial charge in [-0.2, -0.15) is 4.37 Å². The zero-order chi connectivity index (χ0) is 14.0. The average Bonchev–Trinajstić information content (AvgIpc) is 2.96. The first-order chi connectivity index (χ1) is 9.02. The van der Waals surface area contributed by atoms with Crippen molar-refractivity contribution in [3.05, 3.63) is 11.3 Å². The van der Waals surface area contributed by atoms with E-state index in [1.165, 1.54) is 0 Å². The van der Waals surface area contributed by atoms with E-state index >= 15 is 0 Å². The van der Waals surface area contributed by atoms with E-state index in [1.807, 2.05) is 0 Å². The van der Waals surface area contributed by atoms with Gasteiger partial charge in [0.05, 0.1) is 17.8 Å². The second-order valence-electron chi connectivity index (χ2n) is 4.32. The molecule has 1 amide bonds. The first-order valence-corrected chi connectivity index (χ1v) is 6.57. The summed E-state index contributed by atoms with van der Waals surface area (Å²) < 4.78 is 9.11. The second kappa shape index (κ2) is 5.64. The maximum Gasteiger partial charge on any atom is 0.340 e. The number of hydrogen-bond acceptors (Lipinski definition) is 6. The van der Waals surface area contributed by atoms with Gasteiger partial charge < -0.3 is 20.5 Å². The summed E-state index contributed by atoms with van der Waals surface area (Å²) in [5.41, 5.74) is 0.460.